The smallest absolute Gasteiger partial charge is 0.269 e. The second-order valence-corrected chi connectivity index (χ2v) is 6.91. The van der Waals surface area contributed by atoms with Gasteiger partial charge in [-0.2, -0.15) is 0 Å². The van der Waals surface area contributed by atoms with E-state index in [1.165, 1.54) is 4.68 Å². The predicted octanol–water partition coefficient (Wildman–Crippen LogP) is 3.36. The van der Waals surface area contributed by atoms with Crippen LogP contribution in [0.3, 0.4) is 0 Å². The summed E-state index contributed by atoms with van der Waals surface area (Å²) in [6.07, 6.45) is 7.13. The van der Waals surface area contributed by atoms with Crippen molar-refractivity contribution in [3.05, 3.63) is 88.7 Å². The van der Waals surface area contributed by atoms with Crippen LogP contribution in [0.15, 0.2) is 76.7 Å². The molecule has 6 heteroatoms. The standard InChI is InChI=1S/C22H19N5O/c28-22-26(15-12-18-9-8-16-4-1-2-5-19(16)24-18)25-21-7-3-6-20(27(21)22)17-10-13-23-14-11-17/h1-10,13-14,17H,11-12,15H2. The maximum Gasteiger partial charge on any atom is 0.350 e. The van der Waals surface area contributed by atoms with Crippen molar-refractivity contribution in [1.29, 1.82) is 0 Å². The second-order valence-electron chi connectivity index (χ2n) is 6.91. The Balaban J connectivity index is 1.46. The molecule has 1 aliphatic rings. The molecule has 1 aromatic carbocycles. The molecule has 6 nitrogen and oxygen atoms in total. The topological polar surface area (TPSA) is 64.5 Å². The van der Waals surface area contributed by atoms with Crippen molar-refractivity contribution in [3.63, 3.8) is 0 Å². The first kappa shape index (κ1) is 16.6. The number of hydrogen-bond donors (Lipinski definition) is 0. The first-order chi connectivity index (χ1) is 13.8. The summed E-state index contributed by atoms with van der Waals surface area (Å²) in [5.41, 5.74) is 3.43. The number of allylic oxidation sites excluding steroid dienone is 1. The predicted molar refractivity (Wildman–Crippen MR) is 110 cm³/mol. The summed E-state index contributed by atoms with van der Waals surface area (Å²) in [5.74, 6) is 0.138. The Labute approximate surface area is 161 Å². The number of para-hydroxylation sites is 1. The van der Waals surface area contributed by atoms with Crippen LogP contribution in [-0.4, -0.2) is 25.4 Å². The minimum absolute atomic E-state index is 0.109. The van der Waals surface area contributed by atoms with Gasteiger partial charge >= 0.3 is 5.69 Å². The maximum atomic E-state index is 13.0. The fourth-order valence-electron chi connectivity index (χ4n) is 3.67. The third-order valence-electron chi connectivity index (χ3n) is 5.12. The third-order valence-corrected chi connectivity index (χ3v) is 5.12. The number of pyridine rings is 2. The Kier molecular flexibility index (Phi) is 4.09. The van der Waals surface area contributed by atoms with Crippen molar-refractivity contribution in [1.82, 2.24) is 19.2 Å². The molecule has 0 fully saturated rings. The molecule has 0 bridgehead atoms. The number of aromatic nitrogens is 4. The summed E-state index contributed by atoms with van der Waals surface area (Å²) in [7, 11) is 0. The van der Waals surface area contributed by atoms with Crippen LogP contribution in [0.4, 0.5) is 0 Å². The number of rotatable bonds is 4. The van der Waals surface area contributed by atoms with Gasteiger partial charge in [0.1, 0.15) is 0 Å². The van der Waals surface area contributed by atoms with Gasteiger partial charge in [0, 0.05) is 41.5 Å². The molecular formula is C22H19N5O. The van der Waals surface area contributed by atoms with Crippen molar-refractivity contribution >= 4 is 22.8 Å². The quantitative estimate of drug-likeness (QED) is 0.554. The van der Waals surface area contributed by atoms with Crippen LogP contribution in [0, 0.1) is 0 Å². The molecule has 4 aromatic rings. The van der Waals surface area contributed by atoms with E-state index in [9.17, 15) is 4.79 Å². The highest BCUT2D eigenvalue weighted by atomic mass is 16.2. The first-order valence-corrected chi connectivity index (χ1v) is 9.41. The van der Waals surface area contributed by atoms with Gasteiger partial charge in [0.05, 0.1) is 12.1 Å². The van der Waals surface area contributed by atoms with Crippen LogP contribution < -0.4 is 5.69 Å². The summed E-state index contributed by atoms with van der Waals surface area (Å²) in [6.45, 7) is 0.493. The van der Waals surface area contributed by atoms with Crippen molar-refractivity contribution in [2.75, 3.05) is 0 Å². The summed E-state index contributed by atoms with van der Waals surface area (Å²) in [5, 5.41) is 5.64. The average molecular weight is 369 g/mol. The molecule has 138 valence electrons. The van der Waals surface area contributed by atoms with E-state index < -0.39 is 0 Å². The van der Waals surface area contributed by atoms with Crippen molar-refractivity contribution in [2.24, 2.45) is 4.99 Å². The van der Waals surface area contributed by atoms with Crippen LogP contribution in [0.1, 0.15) is 23.7 Å². The van der Waals surface area contributed by atoms with Crippen LogP contribution in [0.2, 0.25) is 0 Å². The highest BCUT2D eigenvalue weighted by molar-refractivity contribution is 5.78. The maximum absolute atomic E-state index is 13.0. The lowest BCUT2D eigenvalue weighted by Crippen LogP contribution is -2.24. The minimum atomic E-state index is -0.109. The van der Waals surface area contributed by atoms with Gasteiger partial charge in [-0.3, -0.25) is 9.98 Å². The molecule has 5 rings (SSSR count). The van der Waals surface area contributed by atoms with Gasteiger partial charge in [-0.1, -0.05) is 36.4 Å². The van der Waals surface area contributed by atoms with E-state index in [4.69, 9.17) is 4.98 Å². The monoisotopic (exact) mass is 369 g/mol. The summed E-state index contributed by atoms with van der Waals surface area (Å²) in [6, 6.07) is 17.9. The molecule has 0 spiro atoms. The van der Waals surface area contributed by atoms with E-state index in [1.807, 2.05) is 60.8 Å². The van der Waals surface area contributed by atoms with Crippen molar-refractivity contribution in [2.45, 2.75) is 25.3 Å². The normalized spacial score (nSPS) is 16.2. The Morgan fingerprint density at radius 3 is 2.86 bits per heavy atom. The molecule has 4 heterocycles. The third kappa shape index (κ3) is 2.93. The molecule has 0 amide bonds. The van der Waals surface area contributed by atoms with Gasteiger partial charge in [0.15, 0.2) is 5.65 Å². The molecule has 0 radical (unpaired) electrons. The highest BCUT2D eigenvalue weighted by Gasteiger charge is 2.17. The van der Waals surface area contributed by atoms with Crippen LogP contribution in [0.5, 0.6) is 0 Å². The lowest BCUT2D eigenvalue weighted by atomic mass is 10.00. The number of aryl methyl sites for hydroxylation is 2. The first-order valence-electron chi connectivity index (χ1n) is 9.41. The van der Waals surface area contributed by atoms with Gasteiger partial charge in [-0.05, 0) is 30.7 Å². The highest BCUT2D eigenvalue weighted by Crippen LogP contribution is 2.22. The molecule has 1 unspecified atom stereocenters. The van der Waals surface area contributed by atoms with Gasteiger partial charge < -0.3 is 0 Å². The lowest BCUT2D eigenvalue weighted by molar-refractivity contribution is 0.586. The number of aliphatic imine (C=N–C) groups is 1. The summed E-state index contributed by atoms with van der Waals surface area (Å²) in [4.78, 5) is 21.8. The Morgan fingerprint density at radius 2 is 1.96 bits per heavy atom. The van der Waals surface area contributed by atoms with Crippen LogP contribution >= 0.6 is 0 Å². The van der Waals surface area contributed by atoms with Gasteiger partial charge in [0.25, 0.3) is 0 Å². The fraction of sp³-hybridized carbons (Fsp3) is 0.182. The Morgan fingerprint density at radius 1 is 1.04 bits per heavy atom. The molecule has 0 aliphatic carbocycles. The number of nitrogens with zero attached hydrogens (tertiary/aromatic N) is 5. The molecule has 1 atom stereocenters. The zero-order chi connectivity index (χ0) is 18.9. The van der Waals surface area contributed by atoms with Gasteiger partial charge in [-0.15, -0.1) is 5.10 Å². The Bertz CT molecular complexity index is 1280. The number of hydrogen-bond acceptors (Lipinski definition) is 4. The van der Waals surface area contributed by atoms with Crippen LogP contribution in [0.25, 0.3) is 16.6 Å². The zero-order valence-corrected chi connectivity index (χ0v) is 15.3. The van der Waals surface area contributed by atoms with Gasteiger partial charge in [0.2, 0.25) is 0 Å². The zero-order valence-electron chi connectivity index (χ0n) is 15.3. The van der Waals surface area contributed by atoms with E-state index in [0.29, 0.717) is 18.6 Å². The van der Waals surface area contributed by atoms with Crippen molar-refractivity contribution < 1.29 is 0 Å². The fourth-order valence-corrected chi connectivity index (χ4v) is 3.67. The van der Waals surface area contributed by atoms with Crippen molar-refractivity contribution in [3.8, 4) is 0 Å². The van der Waals surface area contributed by atoms with E-state index in [1.54, 1.807) is 10.6 Å². The van der Waals surface area contributed by atoms with E-state index in [0.717, 1.165) is 28.7 Å². The van der Waals surface area contributed by atoms with E-state index in [2.05, 4.69) is 16.2 Å². The van der Waals surface area contributed by atoms with Crippen LogP contribution in [-0.2, 0) is 13.0 Å². The molecule has 0 N–H and O–H groups in total. The molecule has 28 heavy (non-hydrogen) atoms. The van der Waals surface area contributed by atoms with E-state index in [-0.39, 0.29) is 11.6 Å². The average Bonchev–Trinajstić information content (AvgIpc) is 3.08. The second kappa shape index (κ2) is 6.88. The molecule has 0 saturated heterocycles. The minimum Gasteiger partial charge on any atom is -0.269 e. The summed E-state index contributed by atoms with van der Waals surface area (Å²) >= 11 is 0. The molecule has 3 aromatic heterocycles. The largest absolute Gasteiger partial charge is 0.350 e. The van der Waals surface area contributed by atoms with Gasteiger partial charge in [-0.25, -0.2) is 13.9 Å². The summed E-state index contributed by atoms with van der Waals surface area (Å²) < 4.78 is 3.25. The Hall–Kier alpha value is -3.54. The molecule has 0 saturated carbocycles. The van der Waals surface area contributed by atoms with E-state index >= 15 is 0 Å². The number of fused-ring (bicyclic) bond motifs is 2. The molecular weight excluding hydrogens is 350 g/mol. The number of benzene rings is 1. The SMILES string of the molecule is O=c1n(CCc2ccc3ccccc3n2)nc2cccc(C3C=CN=CC3)n12. The lowest BCUT2D eigenvalue weighted by Gasteiger charge is -2.13. The molecule has 1 aliphatic heterocycles.